The molecule has 0 aliphatic heterocycles. The molecule has 1 atom stereocenters. The molecule has 1 heterocycles. The third-order valence-corrected chi connectivity index (χ3v) is 11.1. The van der Waals surface area contributed by atoms with E-state index in [0.29, 0.717) is 23.4 Å². The minimum Gasteiger partial charge on any atom is -0.208 e. The lowest BCUT2D eigenvalue weighted by molar-refractivity contribution is 0.768. The second-order valence-corrected chi connectivity index (χ2v) is 14.3. The van der Waals surface area contributed by atoms with Gasteiger partial charge in [-0.3, -0.25) is 0 Å². The van der Waals surface area contributed by atoms with Crippen LogP contribution < -0.4 is 0 Å². The number of aromatic nitrogens is 3. The summed E-state index contributed by atoms with van der Waals surface area (Å²) in [6, 6.07) is 65.1. The fourth-order valence-corrected chi connectivity index (χ4v) is 8.55. The van der Waals surface area contributed by atoms with E-state index in [1.165, 1.54) is 38.9 Å². The molecule has 0 saturated heterocycles. The van der Waals surface area contributed by atoms with Gasteiger partial charge >= 0.3 is 0 Å². The number of allylic oxidation sites excluding steroid dienone is 4. The van der Waals surface area contributed by atoms with Gasteiger partial charge in [0.1, 0.15) is 0 Å². The van der Waals surface area contributed by atoms with Crippen molar-refractivity contribution in [1.82, 2.24) is 15.0 Å². The zero-order chi connectivity index (χ0) is 36.6. The van der Waals surface area contributed by atoms with Gasteiger partial charge < -0.3 is 0 Å². The first-order valence-electron chi connectivity index (χ1n) is 19.0. The molecule has 7 aromatic carbocycles. The van der Waals surface area contributed by atoms with Crippen LogP contribution in [0.2, 0.25) is 0 Å². The highest BCUT2D eigenvalue weighted by molar-refractivity contribution is 5.88. The summed E-state index contributed by atoms with van der Waals surface area (Å²) < 4.78 is 0. The summed E-state index contributed by atoms with van der Waals surface area (Å²) in [6.45, 7) is 0. The van der Waals surface area contributed by atoms with Gasteiger partial charge in [0.2, 0.25) is 0 Å². The summed E-state index contributed by atoms with van der Waals surface area (Å²) in [5.41, 5.74) is 13.3. The highest BCUT2D eigenvalue weighted by atomic mass is 15.0. The topological polar surface area (TPSA) is 38.7 Å². The first-order valence-corrected chi connectivity index (χ1v) is 19.0. The van der Waals surface area contributed by atoms with Crippen LogP contribution >= 0.6 is 0 Å². The molecular weight excluding hydrogens is 667 g/mol. The second-order valence-electron chi connectivity index (χ2n) is 14.3. The number of hydrogen-bond acceptors (Lipinski definition) is 3. The van der Waals surface area contributed by atoms with Gasteiger partial charge in [0, 0.05) is 22.6 Å². The van der Waals surface area contributed by atoms with Crippen molar-refractivity contribution in [3.63, 3.8) is 0 Å². The van der Waals surface area contributed by atoms with Gasteiger partial charge in [-0.15, -0.1) is 0 Å². The van der Waals surface area contributed by atoms with E-state index in [-0.39, 0.29) is 0 Å². The maximum Gasteiger partial charge on any atom is 0.164 e. The van der Waals surface area contributed by atoms with Crippen LogP contribution in [0, 0.1) is 0 Å². The Kier molecular flexibility index (Phi) is 8.18. The molecule has 0 amide bonds. The van der Waals surface area contributed by atoms with Crippen molar-refractivity contribution in [2.24, 2.45) is 0 Å². The number of hydrogen-bond donors (Lipinski definition) is 0. The number of nitrogens with zero attached hydrogens (tertiary/aromatic N) is 3. The first-order chi connectivity index (χ1) is 27.3. The van der Waals surface area contributed by atoms with Crippen molar-refractivity contribution in [1.29, 1.82) is 0 Å². The van der Waals surface area contributed by atoms with Gasteiger partial charge in [0.25, 0.3) is 0 Å². The van der Waals surface area contributed by atoms with Gasteiger partial charge in [-0.25, -0.2) is 15.0 Å². The van der Waals surface area contributed by atoms with E-state index in [4.69, 9.17) is 15.0 Å². The van der Waals surface area contributed by atoms with Gasteiger partial charge in [0.05, 0.1) is 5.41 Å². The minimum atomic E-state index is -0.524. The van der Waals surface area contributed by atoms with Crippen LogP contribution in [0.4, 0.5) is 0 Å². The Hall–Kier alpha value is -6.97. The summed E-state index contributed by atoms with van der Waals surface area (Å²) >= 11 is 0. The van der Waals surface area contributed by atoms with Crippen LogP contribution in [-0.2, 0) is 5.41 Å². The fourth-order valence-electron chi connectivity index (χ4n) is 8.55. The second kappa shape index (κ2) is 13.8. The minimum absolute atomic E-state index is 0.315. The highest BCUT2D eigenvalue weighted by Crippen LogP contribution is 2.56. The molecule has 0 saturated carbocycles. The normalized spacial score (nSPS) is 15.0. The largest absolute Gasteiger partial charge is 0.208 e. The molecule has 0 bridgehead atoms. The maximum absolute atomic E-state index is 5.28. The average molecular weight is 704 g/mol. The van der Waals surface area contributed by atoms with E-state index in [9.17, 15) is 0 Å². The molecule has 1 unspecified atom stereocenters. The standard InChI is InChI=1S/C52H37N3/c1-5-17-36(18-6-1)38-21-15-23-40(33-38)49-53-50(41-24-16-22-39(34-41)37-19-7-2-8-20-37)55-51(54-49)42-31-32-46-45-29-13-14-30-47(45)52(48(46)35-42,43-25-9-3-10-26-43)44-27-11-4-12-28-44/h1-19,21-35,37H,20H2. The van der Waals surface area contributed by atoms with E-state index in [2.05, 4.69) is 200 Å². The maximum atomic E-state index is 5.28. The van der Waals surface area contributed by atoms with E-state index >= 15 is 0 Å². The molecule has 1 aromatic heterocycles. The molecule has 260 valence electrons. The molecule has 0 fully saturated rings. The Balaban J connectivity index is 1.19. The van der Waals surface area contributed by atoms with E-state index < -0.39 is 5.41 Å². The van der Waals surface area contributed by atoms with Crippen LogP contribution in [0.3, 0.4) is 0 Å². The molecule has 3 heteroatoms. The third-order valence-electron chi connectivity index (χ3n) is 11.1. The van der Waals surface area contributed by atoms with E-state index in [0.717, 1.165) is 34.2 Å². The van der Waals surface area contributed by atoms with Gasteiger partial charge in [-0.1, -0.05) is 188 Å². The number of benzene rings is 7. The van der Waals surface area contributed by atoms with Crippen molar-refractivity contribution in [3.05, 3.63) is 234 Å². The predicted molar refractivity (Wildman–Crippen MR) is 225 cm³/mol. The Morgan fingerprint density at radius 2 is 0.945 bits per heavy atom. The number of rotatable bonds is 7. The van der Waals surface area contributed by atoms with E-state index in [1.54, 1.807) is 0 Å². The fraction of sp³-hybridized carbons (Fsp3) is 0.0577. The summed E-state index contributed by atoms with van der Waals surface area (Å²) in [4.78, 5) is 15.7. The van der Waals surface area contributed by atoms with Crippen molar-refractivity contribution >= 4 is 0 Å². The Morgan fingerprint density at radius 1 is 0.400 bits per heavy atom. The summed E-state index contributed by atoms with van der Waals surface area (Å²) in [5.74, 6) is 2.26. The Bertz CT molecular complexity index is 2690. The van der Waals surface area contributed by atoms with Gasteiger partial charge in [0.15, 0.2) is 17.5 Å². The number of fused-ring (bicyclic) bond motifs is 3. The highest BCUT2D eigenvalue weighted by Gasteiger charge is 2.46. The van der Waals surface area contributed by atoms with Crippen LogP contribution in [0.5, 0.6) is 0 Å². The van der Waals surface area contributed by atoms with Crippen molar-refractivity contribution in [2.75, 3.05) is 0 Å². The SMILES string of the molecule is C1=CCC(c2cccc(-c3nc(-c4cccc(-c5ccccc5)c4)nc(-c4ccc5c(c4)C(c4ccccc4)(c4ccccc4)c4ccccc4-5)n3)c2)C=C1. The molecule has 2 aliphatic carbocycles. The smallest absolute Gasteiger partial charge is 0.164 e. The first kappa shape index (κ1) is 32.7. The monoisotopic (exact) mass is 703 g/mol. The summed E-state index contributed by atoms with van der Waals surface area (Å²) in [7, 11) is 0. The van der Waals surface area contributed by atoms with Crippen molar-refractivity contribution < 1.29 is 0 Å². The average Bonchev–Trinajstić information content (AvgIpc) is 3.58. The lowest BCUT2D eigenvalue weighted by Crippen LogP contribution is -2.28. The van der Waals surface area contributed by atoms with Crippen molar-refractivity contribution in [2.45, 2.75) is 17.8 Å². The summed E-state index contributed by atoms with van der Waals surface area (Å²) in [6.07, 6.45) is 9.73. The molecule has 55 heavy (non-hydrogen) atoms. The van der Waals surface area contributed by atoms with E-state index in [1.807, 2.05) is 6.07 Å². The zero-order valence-electron chi connectivity index (χ0n) is 30.3. The Labute approximate surface area is 322 Å². The zero-order valence-corrected chi connectivity index (χ0v) is 30.3. The lowest BCUT2D eigenvalue weighted by Gasteiger charge is -2.34. The molecule has 0 spiro atoms. The molecule has 8 aromatic rings. The molecule has 0 N–H and O–H groups in total. The van der Waals surface area contributed by atoms with Crippen LogP contribution in [-0.4, -0.2) is 15.0 Å². The van der Waals surface area contributed by atoms with Crippen LogP contribution in [0.25, 0.3) is 56.4 Å². The lowest BCUT2D eigenvalue weighted by atomic mass is 9.67. The van der Waals surface area contributed by atoms with Crippen molar-refractivity contribution in [3.8, 4) is 56.4 Å². The molecule has 0 radical (unpaired) electrons. The Morgan fingerprint density at radius 3 is 1.62 bits per heavy atom. The quantitative estimate of drug-likeness (QED) is 0.166. The third kappa shape index (κ3) is 5.73. The van der Waals surface area contributed by atoms with Crippen LogP contribution in [0.1, 0.15) is 40.2 Å². The predicted octanol–water partition coefficient (Wildman–Crippen LogP) is 12.5. The molecule has 2 aliphatic rings. The van der Waals surface area contributed by atoms with Gasteiger partial charge in [-0.2, -0.15) is 0 Å². The van der Waals surface area contributed by atoms with Crippen LogP contribution in [0.15, 0.2) is 206 Å². The van der Waals surface area contributed by atoms with Gasteiger partial charge in [-0.05, 0) is 74.7 Å². The summed E-state index contributed by atoms with van der Waals surface area (Å²) in [5, 5.41) is 0. The molecule has 3 nitrogen and oxygen atoms in total. The molecule has 10 rings (SSSR count). The molecular formula is C52H37N3.